The number of nitrogens with zero attached hydrogens (tertiary/aromatic N) is 3. The molecule has 6 heteroatoms. The van der Waals surface area contributed by atoms with Crippen LogP contribution in [0.3, 0.4) is 0 Å². The van der Waals surface area contributed by atoms with Crippen LogP contribution in [0.1, 0.15) is 24.0 Å². The van der Waals surface area contributed by atoms with E-state index in [1.54, 1.807) is 6.20 Å². The van der Waals surface area contributed by atoms with Crippen molar-refractivity contribution in [1.82, 2.24) is 9.97 Å². The molecule has 4 nitrogen and oxygen atoms in total. The lowest BCUT2D eigenvalue weighted by Crippen LogP contribution is -2.33. The highest BCUT2D eigenvalue weighted by molar-refractivity contribution is 5.98. The molecule has 0 radical (unpaired) electrons. The molecule has 108 valence electrons. The van der Waals surface area contributed by atoms with Crippen molar-refractivity contribution in [1.29, 1.82) is 0 Å². The van der Waals surface area contributed by atoms with Gasteiger partial charge in [-0.2, -0.15) is 0 Å². The minimum absolute atomic E-state index is 0.204. The molecule has 21 heavy (non-hydrogen) atoms. The van der Waals surface area contributed by atoms with Gasteiger partial charge in [0.2, 0.25) is 5.91 Å². The molecule has 1 aliphatic rings. The molecule has 2 aromatic rings. The zero-order valence-electron chi connectivity index (χ0n) is 11.4. The molecule has 1 atom stereocenters. The van der Waals surface area contributed by atoms with Crippen molar-refractivity contribution >= 4 is 11.7 Å². The molecule has 0 saturated heterocycles. The first-order valence-corrected chi connectivity index (χ1v) is 6.63. The number of benzene rings is 1. The van der Waals surface area contributed by atoms with Gasteiger partial charge in [0, 0.05) is 23.9 Å². The average Bonchev–Trinajstić information content (AvgIpc) is 2.90. The quantitative estimate of drug-likeness (QED) is 0.853. The minimum atomic E-state index is -0.910. The van der Waals surface area contributed by atoms with Crippen LogP contribution in [-0.2, 0) is 11.2 Å². The molecule has 0 spiro atoms. The van der Waals surface area contributed by atoms with Gasteiger partial charge in [0.1, 0.15) is 23.8 Å². The first-order chi connectivity index (χ1) is 10.1. The van der Waals surface area contributed by atoms with Crippen LogP contribution >= 0.6 is 0 Å². The summed E-state index contributed by atoms with van der Waals surface area (Å²) in [7, 11) is 0. The summed E-state index contributed by atoms with van der Waals surface area (Å²) in [6, 6.07) is 3.59. The number of hydrogen-bond donors (Lipinski definition) is 0. The van der Waals surface area contributed by atoms with Crippen LogP contribution in [0, 0.1) is 11.6 Å². The van der Waals surface area contributed by atoms with E-state index in [0.717, 1.165) is 17.7 Å². The van der Waals surface area contributed by atoms with Gasteiger partial charge in [-0.1, -0.05) is 6.07 Å². The molecule has 0 saturated carbocycles. The van der Waals surface area contributed by atoms with E-state index in [-0.39, 0.29) is 11.5 Å². The van der Waals surface area contributed by atoms with Gasteiger partial charge in [-0.25, -0.2) is 18.7 Å². The molecule has 1 aliphatic heterocycles. The van der Waals surface area contributed by atoms with E-state index in [1.165, 1.54) is 24.2 Å². The predicted molar refractivity (Wildman–Crippen MR) is 72.9 cm³/mol. The Morgan fingerprint density at radius 3 is 2.76 bits per heavy atom. The van der Waals surface area contributed by atoms with Crippen LogP contribution in [0.4, 0.5) is 14.6 Å². The maximum atomic E-state index is 13.8. The number of carbonyl (C=O) groups excluding carboxylic acids is 1. The Morgan fingerprint density at radius 2 is 2.05 bits per heavy atom. The Hall–Kier alpha value is -2.37. The summed E-state index contributed by atoms with van der Waals surface area (Å²) < 4.78 is 27.6. The summed E-state index contributed by atoms with van der Waals surface area (Å²) in [5.41, 5.74) is 0.664. The van der Waals surface area contributed by atoms with Gasteiger partial charge in [-0.05, 0) is 25.5 Å². The van der Waals surface area contributed by atoms with E-state index in [4.69, 9.17) is 0 Å². The molecular formula is C15H13F2N3O. The molecule has 1 amide bonds. The van der Waals surface area contributed by atoms with E-state index in [1.807, 2.05) is 0 Å². The van der Waals surface area contributed by atoms with Crippen LogP contribution in [-0.4, -0.2) is 22.4 Å². The first-order valence-electron chi connectivity index (χ1n) is 6.63. The van der Waals surface area contributed by atoms with Crippen LogP contribution in [0.5, 0.6) is 0 Å². The first kappa shape index (κ1) is 13.6. The summed E-state index contributed by atoms with van der Waals surface area (Å²) in [5, 5.41) is 0. The molecule has 0 fully saturated rings. The van der Waals surface area contributed by atoms with E-state index in [2.05, 4.69) is 9.97 Å². The monoisotopic (exact) mass is 289 g/mol. The van der Waals surface area contributed by atoms with E-state index < -0.39 is 17.6 Å². The van der Waals surface area contributed by atoms with E-state index in [0.29, 0.717) is 18.8 Å². The van der Waals surface area contributed by atoms with Gasteiger partial charge in [-0.3, -0.25) is 9.69 Å². The molecular weight excluding hydrogens is 276 g/mol. The molecule has 3 rings (SSSR count). The number of aromatic nitrogens is 2. The fourth-order valence-corrected chi connectivity index (χ4v) is 2.61. The number of hydrogen-bond acceptors (Lipinski definition) is 3. The molecule has 1 aromatic heterocycles. The second kappa shape index (κ2) is 5.20. The summed E-state index contributed by atoms with van der Waals surface area (Å²) in [5.74, 6) is -2.17. The summed E-state index contributed by atoms with van der Waals surface area (Å²) in [6.45, 7) is 1.95. The Bertz CT molecular complexity index is 685. The average molecular weight is 289 g/mol. The van der Waals surface area contributed by atoms with Crippen LogP contribution in [0.2, 0.25) is 0 Å². The molecule has 0 N–H and O–H groups in total. The van der Waals surface area contributed by atoms with Gasteiger partial charge in [0.05, 0.1) is 5.92 Å². The lowest BCUT2D eigenvalue weighted by Gasteiger charge is -2.21. The SMILES string of the molecule is CC(C(=O)N1CCc2cncnc21)c1c(F)cccc1F. The highest BCUT2D eigenvalue weighted by atomic mass is 19.1. The highest BCUT2D eigenvalue weighted by Gasteiger charge is 2.32. The van der Waals surface area contributed by atoms with Crippen molar-refractivity contribution in [3.63, 3.8) is 0 Å². The Labute approximate surface area is 120 Å². The van der Waals surface area contributed by atoms with Crippen molar-refractivity contribution < 1.29 is 13.6 Å². The normalized spacial score (nSPS) is 14.9. The Kier molecular flexibility index (Phi) is 3.37. The van der Waals surface area contributed by atoms with Gasteiger partial charge in [-0.15, -0.1) is 0 Å². The number of halogens is 2. The number of carbonyl (C=O) groups is 1. The number of rotatable bonds is 2. The molecule has 1 aromatic carbocycles. The smallest absolute Gasteiger partial charge is 0.235 e. The molecule has 0 bridgehead atoms. The van der Waals surface area contributed by atoms with Crippen LogP contribution < -0.4 is 4.90 Å². The standard InChI is InChI=1S/C15H13F2N3O/c1-9(13-11(16)3-2-4-12(13)17)15(21)20-6-5-10-7-18-8-19-14(10)20/h2-4,7-9H,5-6H2,1H3. The maximum absolute atomic E-state index is 13.8. The number of amides is 1. The maximum Gasteiger partial charge on any atom is 0.235 e. The summed E-state index contributed by atoms with van der Waals surface area (Å²) >= 11 is 0. The van der Waals surface area contributed by atoms with Gasteiger partial charge in [0.25, 0.3) is 0 Å². The highest BCUT2D eigenvalue weighted by Crippen LogP contribution is 2.30. The number of fused-ring (bicyclic) bond motifs is 1. The van der Waals surface area contributed by atoms with Crippen molar-refractivity contribution in [2.24, 2.45) is 0 Å². The van der Waals surface area contributed by atoms with Gasteiger partial charge >= 0.3 is 0 Å². The molecule has 0 aliphatic carbocycles. The third-order valence-electron chi connectivity index (χ3n) is 3.69. The van der Waals surface area contributed by atoms with Gasteiger partial charge < -0.3 is 0 Å². The van der Waals surface area contributed by atoms with Crippen molar-refractivity contribution in [2.45, 2.75) is 19.3 Å². The molecule has 2 heterocycles. The second-order valence-electron chi connectivity index (χ2n) is 4.97. The lowest BCUT2D eigenvalue weighted by molar-refractivity contribution is -0.119. The second-order valence-corrected chi connectivity index (χ2v) is 4.97. The summed E-state index contributed by atoms with van der Waals surface area (Å²) in [6.07, 6.45) is 3.66. The van der Waals surface area contributed by atoms with Crippen LogP contribution in [0.15, 0.2) is 30.7 Å². The number of anilines is 1. The Morgan fingerprint density at radius 1 is 1.33 bits per heavy atom. The lowest BCUT2D eigenvalue weighted by atomic mass is 9.98. The van der Waals surface area contributed by atoms with Crippen molar-refractivity contribution in [3.8, 4) is 0 Å². The zero-order chi connectivity index (χ0) is 15.0. The minimum Gasteiger partial charge on any atom is -0.296 e. The molecule has 1 unspecified atom stereocenters. The van der Waals surface area contributed by atoms with Crippen molar-refractivity contribution in [2.75, 3.05) is 11.4 Å². The van der Waals surface area contributed by atoms with Gasteiger partial charge in [0.15, 0.2) is 0 Å². The summed E-state index contributed by atoms with van der Waals surface area (Å²) in [4.78, 5) is 22.0. The predicted octanol–water partition coefficient (Wildman–Crippen LogP) is 2.45. The third kappa shape index (κ3) is 2.26. The van der Waals surface area contributed by atoms with Crippen molar-refractivity contribution in [3.05, 3.63) is 53.5 Å². The Balaban J connectivity index is 1.93. The fourth-order valence-electron chi connectivity index (χ4n) is 2.61. The topological polar surface area (TPSA) is 46.1 Å². The zero-order valence-corrected chi connectivity index (χ0v) is 11.4. The van der Waals surface area contributed by atoms with E-state index in [9.17, 15) is 13.6 Å². The van der Waals surface area contributed by atoms with Crippen LogP contribution in [0.25, 0.3) is 0 Å². The fraction of sp³-hybridized carbons (Fsp3) is 0.267. The third-order valence-corrected chi connectivity index (χ3v) is 3.69. The largest absolute Gasteiger partial charge is 0.296 e. The van der Waals surface area contributed by atoms with E-state index >= 15 is 0 Å².